The van der Waals surface area contributed by atoms with E-state index in [1.54, 1.807) is 0 Å². The molecule has 0 aromatic rings. The van der Waals surface area contributed by atoms with Crippen molar-refractivity contribution in [3.8, 4) is 0 Å². The minimum atomic E-state index is -0.0729. The van der Waals surface area contributed by atoms with Crippen molar-refractivity contribution in [2.24, 2.45) is 5.92 Å². The first-order valence-electron chi connectivity index (χ1n) is 3.97. The molecule has 0 radical (unpaired) electrons. The van der Waals surface area contributed by atoms with Gasteiger partial charge in [-0.25, -0.2) is 0 Å². The minimum absolute atomic E-state index is 0.0729. The summed E-state index contributed by atoms with van der Waals surface area (Å²) in [6, 6.07) is 0. The molecule has 3 saturated heterocycles. The molecule has 0 spiro atoms. The highest BCUT2D eigenvalue weighted by Gasteiger charge is 2.36. The number of allylic oxidation sites excluding steroid dienone is 1. The molecule has 3 rings (SSSR count). The zero-order chi connectivity index (χ0) is 7.19. The highest BCUT2D eigenvalue weighted by Crippen LogP contribution is 2.38. The first-order valence-corrected chi connectivity index (χ1v) is 3.97. The Morgan fingerprint density at radius 2 is 2.00 bits per heavy atom. The molecule has 0 aliphatic carbocycles. The third-order valence-electron chi connectivity index (χ3n) is 2.90. The van der Waals surface area contributed by atoms with Gasteiger partial charge >= 0.3 is 0 Å². The average molecular weight is 139 g/mol. The summed E-state index contributed by atoms with van der Waals surface area (Å²) < 4.78 is -0.0729. The van der Waals surface area contributed by atoms with Crippen LogP contribution in [0.1, 0.15) is 19.3 Å². The number of nitrogens with zero attached hydrogens (tertiary/aromatic N) is 1. The Balaban J connectivity index is 2.25. The molecule has 2 heteroatoms. The van der Waals surface area contributed by atoms with Crippen molar-refractivity contribution in [3.63, 3.8) is 0 Å². The molecule has 3 aliphatic rings. The Morgan fingerprint density at radius 3 is 2.30 bits per heavy atom. The van der Waals surface area contributed by atoms with E-state index in [2.05, 4.69) is 6.58 Å². The highest BCUT2D eigenvalue weighted by atomic mass is 16.5. The largest absolute Gasteiger partial charge is 0.628 e. The van der Waals surface area contributed by atoms with Gasteiger partial charge in [-0.1, -0.05) is 0 Å². The fraction of sp³-hybridized carbons (Fsp3) is 0.750. The zero-order valence-corrected chi connectivity index (χ0v) is 6.18. The van der Waals surface area contributed by atoms with E-state index in [4.69, 9.17) is 0 Å². The number of quaternary nitrogens is 1. The topological polar surface area (TPSA) is 23.1 Å². The van der Waals surface area contributed by atoms with Crippen molar-refractivity contribution in [1.29, 1.82) is 0 Å². The van der Waals surface area contributed by atoms with Crippen LogP contribution >= 0.6 is 0 Å². The summed E-state index contributed by atoms with van der Waals surface area (Å²) in [6.07, 6.45) is 3.24. The van der Waals surface area contributed by atoms with Crippen LogP contribution in [0.25, 0.3) is 0 Å². The van der Waals surface area contributed by atoms with Gasteiger partial charge in [0.1, 0.15) is 5.70 Å². The summed E-state index contributed by atoms with van der Waals surface area (Å²) >= 11 is 0. The van der Waals surface area contributed by atoms with E-state index >= 15 is 0 Å². The normalized spacial score (nSPS) is 46.1. The van der Waals surface area contributed by atoms with Gasteiger partial charge in [-0.3, -0.25) is 0 Å². The number of hydrogen-bond acceptors (Lipinski definition) is 1. The van der Waals surface area contributed by atoms with Crippen LogP contribution in [-0.2, 0) is 0 Å². The maximum Gasteiger partial charge on any atom is 0.102 e. The Hall–Kier alpha value is -0.340. The SMILES string of the molecule is C=C1CC2CC[N+]1([O-])CC2. The Morgan fingerprint density at radius 1 is 1.40 bits per heavy atom. The molecule has 2 bridgehead atoms. The lowest BCUT2D eigenvalue weighted by Gasteiger charge is -2.53. The van der Waals surface area contributed by atoms with Crippen LogP contribution in [0.15, 0.2) is 12.3 Å². The van der Waals surface area contributed by atoms with Gasteiger partial charge in [0.2, 0.25) is 0 Å². The maximum atomic E-state index is 11.7. The van der Waals surface area contributed by atoms with E-state index in [1.807, 2.05) is 0 Å². The van der Waals surface area contributed by atoms with Crippen molar-refractivity contribution in [2.75, 3.05) is 13.1 Å². The summed E-state index contributed by atoms with van der Waals surface area (Å²) in [7, 11) is 0. The Bertz CT molecular complexity index is 168. The van der Waals surface area contributed by atoms with Gasteiger partial charge in [0.05, 0.1) is 13.1 Å². The van der Waals surface area contributed by atoms with Crippen LogP contribution in [0, 0.1) is 11.1 Å². The molecule has 0 N–H and O–H groups in total. The summed E-state index contributed by atoms with van der Waals surface area (Å²) in [5, 5.41) is 11.7. The molecular weight excluding hydrogens is 126 g/mol. The molecule has 0 aromatic heterocycles. The molecule has 0 amide bonds. The summed E-state index contributed by atoms with van der Waals surface area (Å²) in [5.41, 5.74) is 0.919. The van der Waals surface area contributed by atoms with Crippen molar-refractivity contribution in [1.82, 2.24) is 0 Å². The van der Waals surface area contributed by atoms with E-state index in [9.17, 15) is 5.21 Å². The van der Waals surface area contributed by atoms with Crippen molar-refractivity contribution >= 4 is 0 Å². The average Bonchev–Trinajstić information content (AvgIpc) is 1.92. The van der Waals surface area contributed by atoms with Gasteiger partial charge in [0.15, 0.2) is 0 Å². The third kappa shape index (κ3) is 0.724. The van der Waals surface area contributed by atoms with Gasteiger partial charge in [-0.05, 0) is 12.5 Å². The Labute approximate surface area is 61.3 Å². The molecule has 0 aromatic carbocycles. The first-order chi connectivity index (χ1) is 4.71. The van der Waals surface area contributed by atoms with E-state index in [0.717, 1.165) is 44.0 Å². The summed E-state index contributed by atoms with van der Waals surface area (Å²) in [6.45, 7) is 5.42. The number of piperidine rings is 3. The van der Waals surface area contributed by atoms with E-state index in [-0.39, 0.29) is 4.65 Å². The number of hydrogen-bond donors (Lipinski definition) is 0. The zero-order valence-electron chi connectivity index (χ0n) is 6.18. The number of rotatable bonds is 0. The van der Waals surface area contributed by atoms with Crippen LogP contribution in [0.5, 0.6) is 0 Å². The van der Waals surface area contributed by atoms with Gasteiger partial charge in [-0.15, -0.1) is 0 Å². The molecule has 56 valence electrons. The van der Waals surface area contributed by atoms with Crippen LogP contribution in [0.2, 0.25) is 0 Å². The summed E-state index contributed by atoms with van der Waals surface area (Å²) in [4.78, 5) is 0. The predicted octanol–water partition coefficient (Wildman–Crippen LogP) is 1.63. The number of fused-ring (bicyclic) bond motifs is 3. The van der Waals surface area contributed by atoms with E-state index < -0.39 is 0 Å². The standard InChI is InChI=1S/C8H13NO/c1-7-6-8-2-4-9(7,10)5-3-8/h8H,1-6H2. The van der Waals surface area contributed by atoms with Gasteiger partial charge in [0.25, 0.3) is 0 Å². The highest BCUT2D eigenvalue weighted by molar-refractivity contribution is 4.94. The molecule has 0 atom stereocenters. The van der Waals surface area contributed by atoms with Crippen molar-refractivity contribution < 1.29 is 4.65 Å². The van der Waals surface area contributed by atoms with Gasteiger partial charge in [0, 0.05) is 19.3 Å². The van der Waals surface area contributed by atoms with Crippen LogP contribution < -0.4 is 0 Å². The molecule has 3 heterocycles. The van der Waals surface area contributed by atoms with Crippen LogP contribution in [-0.4, -0.2) is 17.7 Å². The second kappa shape index (κ2) is 1.83. The molecule has 3 fully saturated rings. The fourth-order valence-electron chi connectivity index (χ4n) is 2.06. The minimum Gasteiger partial charge on any atom is -0.628 e. The molecule has 0 saturated carbocycles. The first kappa shape index (κ1) is 6.38. The summed E-state index contributed by atoms with van der Waals surface area (Å²) in [5.74, 6) is 0.793. The molecular formula is C8H13NO. The van der Waals surface area contributed by atoms with Crippen LogP contribution in [0.4, 0.5) is 0 Å². The van der Waals surface area contributed by atoms with E-state index in [0.29, 0.717) is 0 Å². The lowest BCUT2D eigenvalue weighted by Crippen LogP contribution is -2.51. The quantitative estimate of drug-likeness (QED) is 0.369. The molecule has 2 nitrogen and oxygen atoms in total. The maximum absolute atomic E-state index is 11.7. The second-order valence-electron chi connectivity index (χ2n) is 3.55. The van der Waals surface area contributed by atoms with Gasteiger partial charge < -0.3 is 9.85 Å². The smallest absolute Gasteiger partial charge is 0.102 e. The monoisotopic (exact) mass is 139 g/mol. The van der Waals surface area contributed by atoms with Crippen molar-refractivity contribution in [3.05, 3.63) is 17.5 Å². The lowest BCUT2D eigenvalue weighted by molar-refractivity contribution is -0.859. The fourth-order valence-corrected chi connectivity index (χ4v) is 2.06. The number of hydroxylamine groups is 3. The lowest BCUT2D eigenvalue weighted by atomic mass is 9.86. The third-order valence-corrected chi connectivity index (χ3v) is 2.90. The molecule has 3 aliphatic heterocycles. The molecule has 10 heavy (non-hydrogen) atoms. The predicted molar refractivity (Wildman–Crippen MR) is 39.8 cm³/mol. The van der Waals surface area contributed by atoms with E-state index in [1.165, 1.54) is 0 Å². The van der Waals surface area contributed by atoms with Gasteiger partial charge in [-0.2, -0.15) is 0 Å². The van der Waals surface area contributed by atoms with Crippen LogP contribution in [0.3, 0.4) is 0 Å². The van der Waals surface area contributed by atoms with Crippen molar-refractivity contribution in [2.45, 2.75) is 19.3 Å². The molecule has 0 unspecified atom stereocenters. The second-order valence-corrected chi connectivity index (χ2v) is 3.55. The Kier molecular flexibility index (Phi) is 1.17.